The topological polar surface area (TPSA) is 72.7 Å². The van der Waals surface area contributed by atoms with Gasteiger partial charge in [-0.2, -0.15) is 0 Å². The zero-order valence-corrected chi connectivity index (χ0v) is 18.4. The van der Waals surface area contributed by atoms with Crippen LogP contribution in [0, 0.1) is 0 Å². The molecule has 3 aromatic rings. The van der Waals surface area contributed by atoms with Crippen molar-refractivity contribution in [2.24, 2.45) is 7.05 Å². The van der Waals surface area contributed by atoms with Crippen molar-refractivity contribution in [3.8, 4) is 11.6 Å². The number of carbonyl (C=O) groups excluding carboxylic acids is 1. The number of piperazine rings is 1. The lowest BCUT2D eigenvalue weighted by Crippen LogP contribution is -2.49. The van der Waals surface area contributed by atoms with Crippen LogP contribution in [0.5, 0.6) is 11.6 Å². The first-order chi connectivity index (χ1) is 15.7. The van der Waals surface area contributed by atoms with Crippen LogP contribution in [-0.2, 0) is 19.9 Å². The normalized spacial score (nSPS) is 14.3. The highest BCUT2D eigenvalue weighted by Gasteiger charge is 2.22. The molecule has 0 radical (unpaired) electrons. The van der Waals surface area contributed by atoms with Crippen molar-refractivity contribution >= 4 is 6.09 Å². The molecule has 1 aliphatic rings. The van der Waals surface area contributed by atoms with Crippen molar-refractivity contribution in [3.63, 3.8) is 0 Å². The summed E-state index contributed by atoms with van der Waals surface area (Å²) in [6.07, 6.45) is 6.97. The Morgan fingerprint density at radius 1 is 1.00 bits per heavy atom. The number of hydrogen-bond donors (Lipinski definition) is 0. The fourth-order valence-electron chi connectivity index (χ4n) is 3.62. The van der Waals surface area contributed by atoms with E-state index >= 15 is 0 Å². The molecule has 3 heterocycles. The average molecular weight is 436 g/mol. The minimum absolute atomic E-state index is 0.291. The first-order valence-corrected chi connectivity index (χ1v) is 10.9. The Labute approximate surface area is 188 Å². The smallest absolute Gasteiger partial charge is 0.415 e. The molecular formula is C24H29N5O3. The van der Waals surface area contributed by atoms with Crippen molar-refractivity contribution in [1.29, 1.82) is 0 Å². The number of nitrogens with zero attached hydrogens (tertiary/aromatic N) is 5. The van der Waals surface area contributed by atoms with Gasteiger partial charge < -0.3 is 18.9 Å². The molecule has 8 nitrogen and oxygen atoms in total. The molecule has 0 aliphatic carbocycles. The Kier molecular flexibility index (Phi) is 7.34. The maximum atomic E-state index is 12.5. The summed E-state index contributed by atoms with van der Waals surface area (Å²) in [5.41, 5.74) is 2.21. The molecule has 8 heteroatoms. The number of rotatable bonds is 8. The van der Waals surface area contributed by atoms with Crippen LogP contribution in [0.25, 0.3) is 0 Å². The first-order valence-electron chi connectivity index (χ1n) is 10.9. The van der Waals surface area contributed by atoms with Gasteiger partial charge in [0, 0.05) is 71.1 Å². The van der Waals surface area contributed by atoms with Crippen LogP contribution in [0.4, 0.5) is 4.79 Å². The highest BCUT2D eigenvalue weighted by atomic mass is 16.6. The van der Waals surface area contributed by atoms with Gasteiger partial charge in [0.1, 0.15) is 5.75 Å². The van der Waals surface area contributed by atoms with Gasteiger partial charge >= 0.3 is 6.09 Å². The van der Waals surface area contributed by atoms with E-state index in [-0.39, 0.29) is 6.09 Å². The van der Waals surface area contributed by atoms with Gasteiger partial charge in [0.2, 0.25) is 5.88 Å². The lowest BCUT2D eigenvalue weighted by Gasteiger charge is -2.33. The minimum atomic E-state index is -0.291. The van der Waals surface area contributed by atoms with Gasteiger partial charge in [-0.1, -0.05) is 18.2 Å². The summed E-state index contributed by atoms with van der Waals surface area (Å²) >= 11 is 0. The fourth-order valence-corrected chi connectivity index (χ4v) is 3.62. The highest BCUT2D eigenvalue weighted by Crippen LogP contribution is 2.15. The maximum Gasteiger partial charge on any atom is 0.415 e. The van der Waals surface area contributed by atoms with E-state index in [0.717, 1.165) is 43.7 Å². The molecule has 0 bridgehead atoms. The van der Waals surface area contributed by atoms with Crippen LogP contribution < -0.4 is 9.47 Å². The van der Waals surface area contributed by atoms with E-state index in [2.05, 4.69) is 14.9 Å². The Bertz CT molecular complexity index is 982. The summed E-state index contributed by atoms with van der Waals surface area (Å²) in [5, 5.41) is 0. The van der Waals surface area contributed by atoms with Gasteiger partial charge in [0.25, 0.3) is 0 Å². The summed E-state index contributed by atoms with van der Waals surface area (Å²) in [6.45, 7) is 4.52. The molecule has 32 heavy (non-hydrogen) atoms. The van der Waals surface area contributed by atoms with E-state index in [0.29, 0.717) is 31.3 Å². The minimum Gasteiger partial charge on any atom is -0.477 e. The van der Waals surface area contributed by atoms with E-state index in [9.17, 15) is 4.79 Å². The Balaban J connectivity index is 1.16. The van der Waals surface area contributed by atoms with Crippen molar-refractivity contribution in [2.75, 3.05) is 39.3 Å². The third kappa shape index (κ3) is 6.31. The van der Waals surface area contributed by atoms with Crippen molar-refractivity contribution < 1.29 is 14.3 Å². The van der Waals surface area contributed by atoms with Gasteiger partial charge in [-0.15, -0.1) is 0 Å². The predicted octanol–water partition coefficient (Wildman–Crippen LogP) is 2.80. The van der Waals surface area contributed by atoms with E-state index in [1.807, 2.05) is 66.6 Å². The second kappa shape index (κ2) is 10.8. The standard InChI is InChI=1S/C24H29N5O3/c1-27-18-21(26-19-27)9-12-28-13-15-29(16-14-28)24(30)32-22-7-5-20(6-8-22)10-17-31-23-4-2-3-11-25-23/h2-8,11,18-19H,9-10,12-17H2,1H3. The van der Waals surface area contributed by atoms with E-state index in [4.69, 9.17) is 9.47 Å². The predicted molar refractivity (Wildman–Crippen MR) is 121 cm³/mol. The molecule has 0 atom stereocenters. The number of benzene rings is 1. The second-order valence-corrected chi connectivity index (χ2v) is 7.89. The van der Waals surface area contributed by atoms with E-state index < -0.39 is 0 Å². The molecule has 1 fully saturated rings. The highest BCUT2D eigenvalue weighted by molar-refractivity contribution is 5.70. The Morgan fingerprint density at radius 2 is 1.81 bits per heavy atom. The molecule has 2 aromatic heterocycles. The van der Waals surface area contributed by atoms with Crippen LogP contribution in [0.3, 0.4) is 0 Å². The monoisotopic (exact) mass is 435 g/mol. The largest absolute Gasteiger partial charge is 0.477 e. The van der Waals surface area contributed by atoms with Crippen LogP contribution in [0.1, 0.15) is 11.3 Å². The van der Waals surface area contributed by atoms with Crippen LogP contribution in [-0.4, -0.2) is 69.8 Å². The fraction of sp³-hybridized carbons (Fsp3) is 0.375. The maximum absolute atomic E-state index is 12.5. The van der Waals surface area contributed by atoms with Crippen molar-refractivity contribution in [2.45, 2.75) is 12.8 Å². The van der Waals surface area contributed by atoms with Crippen molar-refractivity contribution in [1.82, 2.24) is 24.3 Å². The van der Waals surface area contributed by atoms with Gasteiger partial charge in [-0.05, 0) is 23.8 Å². The molecule has 0 N–H and O–H groups in total. The van der Waals surface area contributed by atoms with Gasteiger partial charge in [-0.25, -0.2) is 14.8 Å². The molecule has 1 amide bonds. The van der Waals surface area contributed by atoms with Gasteiger partial charge in [0.05, 0.1) is 18.6 Å². The molecule has 1 saturated heterocycles. The molecule has 1 aliphatic heterocycles. The summed E-state index contributed by atoms with van der Waals surface area (Å²) in [6, 6.07) is 13.2. The molecule has 0 spiro atoms. The lowest BCUT2D eigenvalue weighted by molar-refractivity contribution is 0.111. The lowest BCUT2D eigenvalue weighted by atomic mass is 10.1. The number of aryl methyl sites for hydroxylation is 1. The molecule has 168 valence electrons. The van der Waals surface area contributed by atoms with Crippen LogP contribution >= 0.6 is 0 Å². The summed E-state index contributed by atoms with van der Waals surface area (Å²) in [7, 11) is 1.98. The zero-order valence-electron chi connectivity index (χ0n) is 18.4. The molecule has 4 rings (SSSR count). The van der Waals surface area contributed by atoms with E-state index in [1.54, 1.807) is 11.1 Å². The number of pyridine rings is 1. The molecular weight excluding hydrogens is 406 g/mol. The van der Waals surface area contributed by atoms with Crippen LogP contribution in [0.2, 0.25) is 0 Å². The number of ether oxygens (including phenoxy) is 2. The Morgan fingerprint density at radius 3 is 2.50 bits per heavy atom. The molecule has 0 unspecified atom stereocenters. The first kappa shape index (κ1) is 21.8. The second-order valence-electron chi connectivity index (χ2n) is 7.89. The Hall–Kier alpha value is -3.39. The third-order valence-electron chi connectivity index (χ3n) is 5.48. The summed E-state index contributed by atoms with van der Waals surface area (Å²) in [5.74, 6) is 1.18. The number of imidazole rings is 1. The number of carbonyl (C=O) groups is 1. The summed E-state index contributed by atoms with van der Waals surface area (Å²) < 4.78 is 13.2. The zero-order chi connectivity index (χ0) is 22.2. The van der Waals surface area contributed by atoms with E-state index in [1.165, 1.54) is 0 Å². The molecule has 1 aromatic carbocycles. The average Bonchev–Trinajstić information content (AvgIpc) is 3.25. The SMILES string of the molecule is Cn1cnc(CCN2CCN(C(=O)Oc3ccc(CCOc4ccccn4)cc3)CC2)c1. The van der Waals surface area contributed by atoms with Gasteiger partial charge in [0.15, 0.2) is 0 Å². The van der Waals surface area contributed by atoms with Crippen molar-refractivity contribution in [3.05, 3.63) is 72.4 Å². The number of amides is 1. The quantitative estimate of drug-likeness (QED) is 0.542. The number of aromatic nitrogens is 3. The third-order valence-corrected chi connectivity index (χ3v) is 5.48. The molecule has 0 saturated carbocycles. The van der Waals surface area contributed by atoms with Gasteiger partial charge in [-0.3, -0.25) is 4.90 Å². The van der Waals surface area contributed by atoms with Crippen LogP contribution in [0.15, 0.2) is 61.2 Å². The summed E-state index contributed by atoms with van der Waals surface area (Å²) in [4.78, 5) is 25.2. The number of hydrogen-bond acceptors (Lipinski definition) is 6.